The third kappa shape index (κ3) is 6.78. The molecule has 0 saturated carbocycles. The number of hydrogen-bond donors (Lipinski definition) is 2. The summed E-state index contributed by atoms with van der Waals surface area (Å²) in [5.74, 6) is 0. The summed E-state index contributed by atoms with van der Waals surface area (Å²) < 4.78 is 5.14. The van der Waals surface area contributed by atoms with E-state index in [9.17, 15) is 4.79 Å². The van der Waals surface area contributed by atoms with E-state index in [1.807, 2.05) is 45.9 Å². The molecule has 0 radical (unpaired) electrons. The molecule has 5 heteroatoms. The van der Waals surface area contributed by atoms with Crippen LogP contribution in [0.1, 0.15) is 31.9 Å². The molecule has 20 heavy (non-hydrogen) atoms. The first-order chi connectivity index (χ1) is 9.28. The zero-order valence-electron chi connectivity index (χ0n) is 12.5. The molecule has 0 aliphatic rings. The summed E-state index contributed by atoms with van der Waals surface area (Å²) in [5.41, 5.74) is 1.73. The average Bonchev–Trinajstić information content (AvgIpc) is 2.31. The zero-order chi connectivity index (χ0) is 15.2. The van der Waals surface area contributed by atoms with Crippen LogP contribution in [0.5, 0.6) is 0 Å². The molecular weight excluding hydrogens is 276 g/mol. The van der Waals surface area contributed by atoms with Gasteiger partial charge in [0.05, 0.1) is 0 Å². The van der Waals surface area contributed by atoms with E-state index in [1.54, 1.807) is 0 Å². The van der Waals surface area contributed by atoms with E-state index in [0.29, 0.717) is 13.1 Å². The minimum Gasteiger partial charge on any atom is -0.444 e. The fourth-order valence-electron chi connectivity index (χ4n) is 1.55. The number of carbonyl (C=O) groups excluding carboxylic acids is 1. The van der Waals surface area contributed by atoms with Gasteiger partial charge < -0.3 is 15.4 Å². The highest BCUT2D eigenvalue weighted by Crippen LogP contribution is 2.16. The molecule has 1 aromatic rings. The lowest BCUT2D eigenvalue weighted by molar-refractivity contribution is 0.0528. The standard InChI is InChI=1S/C15H23ClN2O2/c1-11-5-6-12(9-13(11)16)10-17-7-8-18-14(19)20-15(2,3)4/h5-6,9,17H,7-8,10H2,1-4H3,(H,18,19). The van der Waals surface area contributed by atoms with E-state index in [-0.39, 0.29) is 0 Å². The van der Waals surface area contributed by atoms with Crippen LogP contribution < -0.4 is 10.6 Å². The number of alkyl carbamates (subject to hydrolysis) is 1. The third-order valence-corrected chi connectivity index (χ3v) is 2.94. The molecule has 2 N–H and O–H groups in total. The van der Waals surface area contributed by atoms with Gasteiger partial charge in [0.2, 0.25) is 0 Å². The third-order valence-electron chi connectivity index (χ3n) is 2.54. The zero-order valence-corrected chi connectivity index (χ0v) is 13.3. The van der Waals surface area contributed by atoms with Crippen molar-refractivity contribution in [3.63, 3.8) is 0 Å². The van der Waals surface area contributed by atoms with Crippen molar-refractivity contribution in [1.82, 2.24) is 10.6 Å². The van der Waals surface area contributed by atoms with Crippen LogP contribution >= 0.6 is 11.6 Å². The molecule has 0 heterocycles. The maximum atomic E-state index is 11.4. The topological polar surface area (TPSA) is 50.4 Å². The maximum absolute atomic E-state index is 11.4. The highest BCUT2D eigenvalue weighted by Gasteiger charge is 2.15. The molecule has 0 saturated heterocycles. The van der Waals surface area contributed by atoms with E-state index in [1.165, 1.54) is 0 Å². The van der Waals surface area contributed by atoms with Gasteiger partial charge in [0, 0.05) is 24.7 Å². The van der Waals surface area contributed by atoms with Gasteiger partial charge in [-0.05, 0) is 44.9 Å². The Hall–Kier alpha value is -1.26. The maximum Gasteiger partial charge on any atom is 0.407 e. The van der Waals surface area contributed by atoms with E-state index in [2.05, 4.69) is 10.6 Å². The normalized spacial score (nSPS) is 11.2. The van der Waals surface area contributed by atoms with Crippen molar-refractivity contribution in [3.05, 3.63) is 34.3 Å². The minimum atomic E-state index is -0.462. The van der Waals surface area contributed by atoms with E-state index >= 15 is 0 Å². The van der Waals surface area contributed by atoms with Crippen LogP contribution in [0.3, 0.4) is 0 Å². The summed E-state index contributed by atoms with van der Waals surface area (Å²) in [7, 11) is 0. The van der Waals surface area contributed by atoms with Gasteiger partial charge in [-0.25, -0.2) is 4.79 Å². The summed E-state index contributed by atoms with van der Waals surface area (Å²) >= 11 is 6.06. The summed E-state index contributed by atoms with van der Waals surface area (Å²) in [5, 5.41) is 6.71. The Labute approximate surface area is 125 Å². The van der Waals surface area contributed by atoms with E-state index in [4.69, 9.17) is 16.3 Å². The van der Waals surface area contributed by atoms with Crippen LogP contribution in [0.25, 0.3) is 0 Å². The van der Waals surface area contributed by atoms with Crippen molar-refractivity contribution in [3.8, 4) is 0 Å². The van der Waals surface area contributed by atoms with Crippen LogP contribution in [0.15, 0.2) is 18.2 Å². The Morgan fingerprint density at radius 1 is 1.30 bits per heavy atom. The molecule has 0 spiro atoms. The molecule has 0 atom stereocenters. The number of halogens is 1. The van der Waals surface area contributed by atoms with E-state index in [0.717, 1.165) is 22.7 Å². The Balaban J connectivity index is 2.19. The van der Waals surface area contributed by atoms with Crippen molar-refractivity contribution >= 4 is 17.7 Å². The molecule has 1 rings (SSSR count). The second-order valence-corrected chi connectivity index (χ2v) is 6.10. The Morgan fingerprint density at radius 2 is 2.00 bits per heavy atom. The van der Waals surface area contributed by atoms with E-state index < -0.39 is 11.7 Å². The smallest absolute Gasteiger partial charge is 0.407 e. The average molecular weight is 299 g/mol. The second kappa shape index (κ2) is 7.50. The number of hydrogen-bond acceptors (Lipinski definition) is 3. The van der Waals surface area contributed by atoms with Crippen molar-refractivity contribution in [2.45, 2.75) is 39.8 Å². The predicted octanol–water partition coefficient (Wildman–Crippen LogP) is 3.26. The number of benzene rings is 1. The minimum absolute atomic E-state index is 0.391. The fraction of sp³-hybridized carbons (Fsp3) is 0.533. The largest absolute Gasteiger partial charge is 0.444 e. The summed E-state index contributed by atoms with van der Waals surface area (Å²) in [4.78, 5) is 11.4. The lowest BCUT2D eigenvalue weighted by Crippen LogP contribution is -2.36. The number of aryl methyl sites for hydroxylation is 1. The summed E-state index contributed by atoms with van der Waals surface area (Å²) in [6.07, 6.45) is -0.391. The Kier molecular flexibility index (Phi) is 6.30. The number of ether oxygens (including phenoxy) is 1. The first-order valence-electron chi connectivity index (χ1n) is 6.70. The van der Waals surface area contributed by atoms with Gasteiger partial charge in [-0.15, -0.1) is 0 Å². The van der Waals surface area contributed by atoms with Crippen molar-refractivity contribution < 1.29 is 9.53 Å². The summed E-state index contributed by atoms with van der Waals surface area (Å²) in [6, 6.07) is 5.99. The van der Waals surface area contributed by atoms with Crippen LogP contribution in [0, 0.1) is 6.92 Å². The number of carbonyl (C=O) groups is 1. The quantitative estimate of drug-likeness (QED) is 0.820. The molecule has 112 valence electrons. The number of rotatable bonds is 5. The molecule has 4 nitrogen and oxygen atoms in total. The first-order valence-corrected chi connectivity index (χ1v) is 7.08. The highest BCUT2D eigenvalue weighted by atomic mass is 35.5. The van der Waals surface area contributed by atoms with Crippen LogP contribution in [-0.4, -0.2) is 24.8 Å². The van der Waals surface area contributed by atoms with Gasteiger partial charge in [0.1, 0.15) is 5.60 Å². The Bertz CT molecular complexity index is 456. The molecule has 0 aliphatic heterocycles. The lowest BCUT2D eigenvalue weighted by atomic mass is 10.1. The van der Waals surface area contributed by atoms with Crippen molar-refractivity contribution in [2.24, 2.45) is 0 Å². The monoisotopic (exact) mass is 298 g/mol. The molecule has 0 aromatic heterocycles. The van der Waals surface area contributed by atoms with Gasteiger partial charge in [0.15, 0.2) is 0 Å². The SMILES string of the molecule is Cc1ccc(CNCCNC(=O)OC(C)(C)C)cc1Cl. The molecule has 0 unspecified atom stereocenters. The molecule has 1 aromatic carbocycles. The molecule has 0 fully saturated rings. The first kappa shape index (κ1) is 16.8. The Morgan fingerprint density at radius 3 is 2.60 bits per heavy atom. The van der Waals surface area contributed by atoms with Gasteiger partial charge in [-0.1, -0.05) is 23.7 Å². The van der Waals surface area contributed by atoms with Crippen LogP contribution in [-0.2, 0) is 11.3 Å². The van der Waals surface area contributed by atoms with Gasteiger partial charge in [0.25, 0.3) is 0 Å². The number of nitrogens with one attached hydrogen (secondary N) is 2. The fourth-order valence-corrected chi connectivity index (χ4v) is 1.75. The van der Waals surface area contributed by atoms with Crippen molar-refractivity contribution in [1.29, 1.82) is 0 Å². The predicted molar refractivity (Wildman–Crippen MR) is 82.1 cm³/mol. The lowest BCUT2D eigenvalue weighted by Gasteiger charge is -2.19. The van der Waals surface area contributed by atoms with Gasteiger partial charge >= 0.3 is 6.09 Å². The molecule has 0 bridgehead atoms. The van der Waals surface area contributed by atoms with Gasteiger partial charge in [-0.3, -0.25) is 0 Å². The molecule has 1 amide bonds. The highest BCUT2D eigenvalue weighted by molar-refractivity contribution is 6.31. The number of amides is 1. The van der Waals surface area contributed by atoms with Gasteiger partial charge in [-0.2, -0.15) is 0 Å². The molecular formula is C15H23ClN2O2. The van der Waals surface area contributed by atoms with Crippen LogP contribution in [0.2, 0.25) is 5.02 Å². The van der Waals surface area contributed by atoms with Crippen LogP contribution in [0.4, 0.5) is 4.79 Å². The van der Waals surface area contributed by atoms with Crippen molar-refractivity contribution in [2.75, 3.05) is 13.1 Å². The second-order valence-electron chi connectivity index (χ2n) is 5.69. The summed E-state index contributed by atoms with van der Waals surface area (Å²) in [6.45, 7) is 9.41. The molecule has 0 aliphatic carbocycles.